The minimum atomic E-state index is -4.98. The molecular formula is C10H5F4N3O3. The lowest BCUT2D eigenvalue weighted by Gasteiger charge is -2.14. The van der Waals surface area contributed by atoms with E-state index in [0.717, 1.165) is 18.2 Å². The standard InChI is InChI=1S/C10H5F4N3O3/c11-8(12)10(13,14)9(18)16-6-2-1-5(4-15)3-7(6)17(19)20/h1-3,8H,(H,16,18). The van der Waals surface area contributed by atoms with Crippen molar-refractivity contribution >= 4 is 17.3 Å². The van der Waals surface area contributed by atoms with Crippen molar-refractivity contribution in [2.24, 2.45) is 0 Å². The van der Waals surface area contributed by atoms with Gasteiger partial charge in [0, 0.05) is 6.07 Å². The van der Waals surface area contributed by atoms with E-state index in [1.807, 2.05) is 0 Å². The van der Waals surface area contributed by atoms with E-state index in [2.05, 4.69) is 0 Å². The highest BCUT2D eigenvalue weighted by Gasteiger charge is 2.49. The maximum absolute atomic E-state index is 12.7. The normalized spacial score (nSPS) is 11.0. The first-order valence-electron chi connectivity index (χ1n) is 4.86. The van der Waals surface area contributed by atoms with Gasteiger partial charge in [0.15, 0.2) is 0 Å². The number of nitro groups is 1. The molecule has 0 aliphatic heterocycles. The molecular weight excluding hydrogens is 286 g/mol. The number of nitriles is 1. The summed E-state index contributed by atoms with van der Waals surface area (Å²) in [5, 5.41) is 20.5. The summed E-state index contributed by atoms with van der Waals surface area (Å²) in [5.74, 6) is -7.36. The number of carbonyl (C=O) groups excluding carboxylic acids is 1. The minimum absolute atomic E-state index is 0.157. The summed E-state index contributed by atoms with van der Waals surface area (Å²) < 4.78 is 49.4. The third kappa shape index (κ3) is 3.00. The van der Waals surface area contributed by atoms with Crippen molar-refractivity contribution in [3.05, 3.63) is 33.9 Å². The van der Waals surface area contributed by atoms with Crippen molar-refractivity contribution in [2.75, 3.05) is 5.32 Å². The molecule has 0 aliphatic rings. The van der Waals surface area contributed by atoms with Crippen LogP contribution < -0.4 is 5.32 Å². The van der Waals surface area contributed by atoms with Crippen LogP contribution in [0.5, 0.6) is 0 Å². The SMILES string of the molecule is N#Cc1ccc(NC(=O)C(F)(F)C(F)F)c([N+](=O)[O-])c1. The zero-order valence-corrected chi connectivity index (χ0v) is 9.44. The van der Waals surface area contributed by atoms with Crippen LogP contribution in [-0.2, 0) is 4.79 Å². The number of nitro benzene ring substituents is 1. The highest BCUT2D eigenvalue weighted by Crippen LogP contribution is 2.29. The number of hydrogen-bond donors (Lipinski definition) is 1. The highest BCUT2D eigenvalue weighted by atomic mass is 19.3. The van der Waals surface area contributed by atoms with Crippen LogP contribution in [0.4, 0.5) is 28.9 Å². The molecule has 0 heterocycles. The second kappa shape index (κ2) is 5.52. The molecule has 0 spiro atoms. The summed E-state index contributed by atoms with van der Waals surface area (Å²) in [6.07, 6.45) is -4.25. The van der Waals surface area contributed by atoms with Crippen molar-refractivity contribution in [1.82, 2.24) is 0 Å². The summed E-state index contributed by atoms with van der Waals surface area (Å²) >= 11 is 0. The Labute approximate surface area is 108 Å². The van der Waals surface area contributed by atoms with Gasteiger partial charge in [-0.25, -0.2) is 8.78 Å². The van der Waals surface area contributed by atoms with Gasteiger partial charge in [0.25, 0.3) is 5.69 Å². The van der Waals surface area contributed by atoms with Crippen LogP contribution in [0.15, 0.2) is 18.2 Å². The number of hydrogen-bond acceptors (Lipinski definition) is 4. The Balaban J connectivity index is 3.14. The Morgan fingerprint density at radius 3 is 2.50 bits per heavy atom. The predicted molar refractivity (Wildman–Crippen MR) is 57.4 cm³/mol. The number of alkyl halides is 4. The van der Waals surface area contributed by atoms with Crippen LogP contribution in [-0.4, -0.2) is 23.2 Å². The van der Waals surface area contributed by atoms with E-state index < -0.39 is 34.6 Å². The number of halogens is 4. The fourth-order valence-electron chi connectivity index (χ4n) is 1.16. The molecule has 0 aromatic heterocycles. The Kier molecular flexibility index (Phi) is 4.24. The molecule has 0 radical (unpaired) electrons. The molecule has 1 N–H and O–H groups in total. The molecule has 20 heavy (non-hydrogen) atoms. The molecule has 0 unspecified atom stereocenters. The molecule has 0 atom stereocenters. The Morgan fingerprint density at radius 2 is 2.05 bits per heavy atom. The quantitative estimate of drug-likeness (QED) is 0.523. The van der Waals surface area contributed by atoms with Gasteiger partial charge in [0.2, 0.25) is 0 Å². The molecule has 106 valence electrons. The van der Waals surface area contributed by atoms with E-state index in [1.54, 1.807) is 6.07 Å². The third-order valence-electron chi connectivity index (χ3n) is 2.15. The molecule has 10 heteroatoms. The highest BCUT2D eigenvalue weighted by molar-refractivity contribution is 5.98. The van der Waals surface area contributed by atoms with E-state index in [1.165, 1.54) is 5.32 Å². The number of amides is 1. The fourth-order valence-corrected chi connectivity index (χ4v) is 1.16. The zero-order valence-electron chi connectivity index (χ0n) is 9.44. The minimum Gasteiger partial charge on any atom is -0.315 e. The lowest BCUT2D eigenvalue weighted by molar-refractivity contribution is -0.384. The number of anilines is 1. The van der Waals surface area contributed by atoms with Gasteiger partial charge < -0.3 is 5.32 Å². The molecule has 1 amide bonds. The molecule has 0 aliphatic carbocycles. The molecule has 1 aromatic carbocycles. The fraction of sp³-hybridized carbons (Fsp3) is 0.200. The van der Waals surface area contributed by atoms with Gasteiger partial charge in [0.1, 0.15) is 5.69 Å². The van der Waals surface area contributed by atoms with E-state index >= 15 is 0 Å². The smallest absolute Gasteiger partial charge is 0.315 e. The first-order valence-corrected chi connectivity index (χ1v) is 4.86. The summed E-state index contributed by atoms with van der Waals surface area (Å²) in [7, 11) is 0. The average molecular weight is 291 g/mol. The van der Waals surface area contributed by atoms with Gasteiger partial charge in [-0.3, -0.25) is 14.9 Å². The van der Waals surface area contributed by atoms with E-state index in [-0.39, 0.29) is 5.56 Å². The lowest BCUT2D eigenvalue weighted by Crippen LogP contribution is -2.41. The van der Waals surface area contributed by atoms with Crippen LogP contribution in [0.2, 0.25) is 0 Å². The van der Waals surface area contributed by atoms with Crippen LogP contribution in [0.1, 0.15) is 5.56 Å². The molecule has 0 bridgehead atoms. The number of carbonyl (C=O) groups is 1. The Bertz CT molecular complexity index is 598. The van der Waals surface area contributed by atoms with Gasteiger partial charge >= 0.3 is 18.3 Å². The first kappa shape index (κ1) is 15.4. The molecule has 0 fully saturated rings. The number of nitrogens with zero attached hydrogens (tertiary/aromatic N) is 2. The van der Waals surface area contributed by atoms with Gasteiger partial charge in [-0.2, -0.15) is 14.0 Å². The predicted octanol–water partition coefficient (Wildman–Crippen LogP) is 2.31. The maximum Gasteiger partial charge on any atom is 0.383 e. The monoisotopic (exact) mass is 291 g/mol. The second-order valence-electron chi connectivity index (χ2n) is 3.48. The topological polar surface area (TPSA) is 96.0 Å². The summed E-state index contributed by atoms with van der Waals surface area (Å²) in [4.78, 5) is 20.6. The zero-order chi connectivity index (χ0) is 15.5. The molecule has 0 saturated carbocycles. The third-order valence-corrected chi connectivity index (χ3v) is 2.15. The molecule has 6 nitrogen and oxygen atoms in total. The van der Waals surface area contributed by atoms with Crippen molar-refractivity contribution in [3.8, 4) is 6.07 Å². The number of benzene rings is 1. The molecule has 1 rings (SSSR count). The van der Waals surface area contributed by atoms with E-state index in [4.69, 9.17) is 5.26 Å². The number of nitrogens with one attached hydrogen (secondary N) is 1. The van der Waals surface area contributed by atoms with Gasteiger partial charge in [0.05, 0.1) is 16.6 Å². The second-order valence-corrected chi connectivity index (χ2v) is 3.48. The summed E-state index contributed by atoms with van der Waals surface area (Å²) in [5.41, 5.74) is -1.72. The summed E-state index contributed by atoms with van der Waals surface area (Å²) in [6, 6.07) is 4.09. The maximum atomic E-state index is 12.7. The van der Waals surface area contributed by atoms with Gasteiger partial charge in [-0.15, -0.1) is 0 Å². The van der Waals surface area contributed by atoms with Crippen molar-refractivity contribution in [1.29, 1.82) is 5.26 Å². The molecule has 0 saturated heterocycles. The van der Waals surface area contributed by atoms with Crippen molar-refractivity contribution in [3.63, 3.8) is 0 Å². The van der Waals surface area contributed by atoms with Crippen LogP contribution in [0.25, 0.3) is 0 Å². The first-order chi connectivity index (χ1) is 9.20. The van der Waals surface area contributed by atoms with Gasteiger partial charge in [-0.05, 0) is 12.1 Å². The Hall–Kier alpha value is -2.70. The van der Waals surface area contributed by atoms with Crippen molar-refractivity contribution < 1.29 is 27.3 Å². The summed E-state index contributed by atoms with van der Waals surface area (Å²) in [6.45, 7) is 0. The van der Waals surface area contributed by atoms with Crippen LogP contribution in [0.3, 0.4) is 0 Å². The van der Waals surface area contributed by atoms with Crippen molar-refractivity contribution in [2.45, 2.75) is 12.3 Å². The van der Waals surface area contributed by atoms with Crippen LogP contribution >= 0.6 is 0 Å². The van der Waals surface area contributed by atoms with Gasteiger partial charge in [-0.1, -0.05) is 0 Å². The largest absolute Gasteiger partial charge is 0.383 e. The molecule has 1 aromatic rings. The van der Waals surface area contributed by atoms with Crippen LogP contribution in [0, 0.1) is 21.4 Å². The van der Waals surface area contributed by atoms with E-state index in [0.29, 0.717) is 0 Å². The van der Waals surface area contributed by atoms with E-state index in [9.17, 15) is 32.5 Å². The number of rotatable bonds is 4. The lowest BCUT2D eigenvalue weighted by atomic mass is 10.2. The Morgan fingerprint density at radius 1 is 1.45 bits per heavy atom. The average Bonchev–Trinajstić information content (AvgIpc) is 2.38.